The van der Waals surface area contributed by atoms with Gasteiger partial charge in [0.25, 0.3) is 5.91 Å². The zero-order valence-electron chi connectivity index (χ0n) is 21.3. The minimum atomic E-state index is -1.02. The molecule has 0 aliphatic carbocycles. The summed E-state index contributed by atoms with van der Waals surface area (Å²) in [5.41, 5.74) is 2.72. The Morgan fingerprint density at radius 3 is 2.68 bits per heavy atom. The van der Waals surface area contributed by atoms with Crippen molar-refractivity contribution in [3.8, 4) is 5.75 Å². The molecule has 5 rings (SSSR count). The molecule has 3 heterocycles. The van der Waals surface area contributed by atoms with Gasteiger partial charge in [-0.05, 0) is 48.6 Å². The fraction of sp³-hybridized carbons (Fsp3) is 0.357. The molecule has 3 N–H and O–H groups in total. The van der Waals surface area contributed by atoms with Crippen LogP contribution in [0.5, 0.6) is 5.75 Å². The predicted octanol–water partition coefficient (Wildman–Crippen LogP) is 2.10. The van der Waals surface area contributed by atoms with Crippen molar-refractivity contribution < 1.29 is 28.7 Å². The molecule has 1 fully saturated rings. The summed E-state index contributed by atoms with van der Waals surface area (Å²) in [4.78, 5) is 57.1. The molecule has 3 amide bonds. The van der Waals surface area contributed by atoms with E-state index in [1.165, 1.54) is 12.0 Å². The van der Waals surface area contributed by atoms with Gasteiger partial charge < -0.3 is 30.0 Å². The van der Waals surface area contributed by atoms with Crippen LogP contribution in [0.4, 0.5) is 0 Å². The van der Waals surface area contributed by atoms with Crippen molar-refractivity contribution in [1.82, 2.24) is 20.5 Å². The van der Waals surface area contributed by atoms with Gasteiger partial charge >= 0.3 is 5.97 Å². The number of carbonyl (C=O) groups is 4. The second kappa shape index (κ2) is 10.6. The van der Waals surface area contributed by atoms with Crippen LogP contribution >= 0.6 is 0 Å². The second-order valence-corrected chi connectivity index (χ2v) is 9.55. The number of aromatic nitrogens is 1. The lowest BCUT2D eigenvalue weighted by Crippen LogP contribution is -2.51. The van der Waals surface area contributed by atoms with Gasteiger partial charge in [0, 0.05) is 29.9 Å². The summed E-state index contributed by atoms with van der Waals surface area (Å²) in [6, 6.07) is 12.7. The van der Waals surface area contributed by atoms with Gasteiger partial charge in [0.2, 0.25) is 11.8 Å². The van der Waals surface area contributed by atoms with Crippen LogP contribution in [0.3, 0.4) is 0 Å². The van der Waals surface area contributed by atoms with Gasteiger partial charge in [0.05, 0.1) is 14.2 Å². The average Bonchev–Trinajstić information content (AvgIpc) is 3.56. The van der Waals surface area contributed by atoms with Crippen molar-refractivity contribution in [1.29, 1.82) is 0 Å². The number of benzene rings is 2. The van der Waals surface area contributed by atoms with Gasteiger partial charge in [-0.15, -0.1) is 0 Å². The van der Waals surface area contributed by atoms with Gasteiger partial charge in [0.1, 0.15) is 23.5 Å². The number of methoxy groups -OCH3 is 2. The Morgan fingerprint density at radius 1 is 1.13 bits per heavy atom. The number of fused-ring (bicyclic) bond motifs is 2. The van der Waals surface area contributed by atoms with E-state index in [-0.39, 0.29) is 18.2 Å². The molecule has 0 bridgehead atoms. The molecule has 2 aliphatic rings. The van der Waals surface area contributed by atoms with E-state index in [0.29, 0.717) is 42.9 Å². The van der Waals surface area contributed by atoms with Crippen LogP contribution in [0.1, 0.15) is 40.5 Å². The Balaban J connectivity index is 1.46. The van der Waals surface area contributed by atoms with E-state index < -0.39 is 29.9 Å². The molecule has 10 nitrogen and oxygen atoms in total. The van der Waals surface area contributed by atoms with E-state index in [0.717, 1.165) is 16.5 Å². The van der Waals surface area contributed by atoms with E-state index in [4.69, 9.17) is 9.47 Å². The van der Waals surface area contributed by atoms with Crippen molar-refractivity contribution in [3.05, 3.63) is 65.4 Å². The third-order valence-electron chi connectivity index (χ3n) is 7.35. The van der Waals surface area contributed by atoms with Crippen molar-refractivity contribution >= 4 is 34.6 Å². The molecule has 0 saturated carbocycles. The van der Waals surface area contributed by atoms with Gasteiger partial charge in [-0.1, -0.05) is 30.3 Å². The minimum Gasteiger partial charge on any atom is -0.496 e. The molecule has 10 heteroatoms. The fourth-order valence-corrected chi connectivity index (χ4v) is 5.40. The normalized spacial score (nSPS) is 19.4. The number of H-pyrrole nitrogens is 1. The highest BCUT2D eigenvalue weighted by atomic mass is 16.5. The third kappa shape index (κ3) is 4.69. The van der Waals surface area contributed by atoms with E-state index in [1.807, 2.05) is 42.5 Å². The average molecular weight is 519 g/mol. The summed E-state index contributed by atoms with van der Waals surface area (Å²) >= 11 is 0. The first-order chi connectivity index (χ1) is 18.4. The number of nitrogens with one attached hydrogen (secondary N) is 3. The summed E-state index contributed by atoms with van der Waals surface area (Å²) in [5.74, 6) is -1.41. The second-order valence-electron chi connectivity index (χ2n) is 9.55. The Kier molecular flexibility index (Phi) is 7.04. The molecular formula is C28H30N4O6. The number of hydrogen-bond donors (Lipinski definition) is 3. The molecule has 3 atom stereocenters. The van der Waals surface area contributed by atoms with Crippen LogP contribution in [0.2, 0.25) is 0 Å². The Labute approximate surface area is 219 Å². The van der Waals surface area contributed by atoms with Crippen LogP contribution in [0, 0.1) is 5.92 Å². The quantitative estimate of drug-likeness (QED) is 0.411. The van der Waals surface area contributed by atoms with Gasteiger partial charge in [-0.2, -0.15) is 0 Å². The highest BCUT2D eigenvalue weighted by Gasteiger charge is 2.39. The van der Waals surface area contributed by atoms with E-state index >= 15 is 0 Å². The molecule has 198 valence electrons. The van der Waals surface area contributed by atoms with E-state index in [9.17, 15) is 19.2 Å². The lowest BCUT2D eigenvalue weighted by molar-refractivity contribution is -0.146. The Morgan fingerprint density at radius 2 is 1.95 bits per heavy atom. The monoisotopic (exact) mass is 518 g/mol. The number of nitrogens with zero attached hydrogens (tertiary/aromatic N) is 1. The maximum Gasteiger partial charge on any atom is 0.328 e. The third-order valence-corrected chi connectivity index (χ3v) is 7.35. The number of aromatic amines is 1. The Bertz CT molecular complexity index is 1400. The number of carbonyl (C=O) groups excluding carboxylic acids is 4. The van der Waals surface area contributed by atoms with Crippen molar-refractivity contribution in [2.75, 3.05) is 27.3 Å². The zero-order valence-corrected chi connectivity index (χ0v) is 21.3. The highest BCUT2D eigenvalue weighted by molar-refractivity contribution is 6.02. The van der Waals surface area contributed by atoms with Crippen LogP contribution in [0.25, 0.3) is 10.9 Å². The minimum absolute atomic E-state index is 0.119. The number of rotatable bonds is 7. The zero-order chi connectivity index (χ0) is 26.8. The SMILES string of the molecule is COC(=O)C(C[C@@H]1CCNC1=O)NC(=O)[C@@H]1c2ccccc2CCN1C(=O)c1cc2c(OC)cccc2[nH]1. The smallest absolute Gasteiger partial charge is 0.328 e. The first kappa shape index (κ1) is 25.3. The molecular weight excluding hydrogens is 488 g/mol. The maximum absolute atomic E-state index is 13.8. The van der Waals surface area contributed by atoms with E-state index in [2.05, 4.69) is 15.6 Å². The van der Waals surface area contributed by atoms with Crippen LogP contribution < -0.4 is 15.4 Å². The molecule has 2 aromatic carbocycles. The van der Waals surface area contributed by atoms with Crippen molar-refractivity contribution in [3.63, 3.8) is 0 Å². The van der Waals surface area contributed by atoms with E-state index in [1.54, 1.807) is 13.2 Å². The number of ether oxygens (including phenoxy) is 2. The molecule has 38 heavy (non-hydrogen) atoms. The molecule has 3 aromatic rings. The van der Waals surface area contributed by atoms with Crippen LogP contribution in [-0.2, 0) is 25.5 Å². The van der Waals surface area contributed by atoms with Crippen LogP contribution in [-0.4, -0.2) is 66.9 Å². The number of esters is 1. The lowest BCUT2D eigenvalue weighted by atomic mass is 9.91. The molecule has 1 aromatic heterocycles. The fourth-order valence-electron chi connectivity index (χ4n) is 5.40. The van der Waals surface area contributed by atoms with Gasteiger partial charge in [-0.25, -0.2) is 4.79 Å². The summed E-state index contributed by atoms with van der Waals surface area (Å²) < 4.78 is 10.4. The maximum atomic E-state index is 13.8. The first-order valence-electron chi connectivity index (χ1n) is 12.6. The molecule has 0 spiro atoms. The number of amides is 3. The summed E-state index contributed by atoms with van der Waals surface area (Å²) in [7, 11) is 2.81. The highest BCUT2D eigenvalue weighted by Crippen LogP contribution is 2.33. The lowest BCUT2D eigenvalue weighted by Gasteiger charge is -2.36. The summed E-state index contributed by atoms with van der Waals surface area (Å²) in [6.07, 6.45) is 1.27. The van der Waals surface area contributed by atoms with Gasteiger partial charge in [0.15, 0.2) is 0 Å². The summed E-state index contributed by atoms with van der Waals surface area (Å²) in [6.45, 7) is 0.841. The molecule has 1 unspecified atom stereocenters. The topological polar surface area (TPSA) is 130 Å². The molecule has 0 radical (unpaired) electrons. The largest absolute Gasteiger partial charge is 0.496 e. The Hall–Kier alpha value is -4.34. The van der Waals surface area contributed by atoms with Crippen molar-refractivity contribution in [2.45, 2.75) is 31.3 Å². The summed E-state index contributed by atoms with van der Waals surface area (Å²) in [5, 5.41) is 6.30. The first-order valence-corrected chi connectivity index (χ1v) is 12.6. The molecule has 2 aliphatic heterocycles. The van der Waals surface area contributed by atoms with Crippen LogP contribution in [0.15, 0.2) is 48.5 Å². The predicted molar refractivity (Wildman–Crippen MR) is 138 cm³/mol. The van der Waals surface area contributed by atoms with Gasteiger partial charge in [-0.3, -0.25) is 14.4 Å². The number of hydrogen-bond acceptors (Lipinski definition) is 6. The van der Waals surface area contributed by atoms with Crippen molar-refractivity contribution in [2.24, 2.45) is 5.92 Å². The standard InChI is InChI=1S/C28H30N4O6/c1-37-23-9-5-8-20-19(23)15-21(30-20)27(35)32-13-11-16-6-3-4-7-18(16)24(32)26(34)31-22(28(36)38-2)14-17-10-12-29-25(17)33/h3-9,15,17,22,24,30H,10-14H2,1-2H3,(H,29,33)(H,31,34)/t17-,22?,24-/m0/s1. The molecule has 1 saturated heterocycles.